The van der Waals surface area contributed by atoms with Crippen LogP contribution in [0.2, 0.25) is 0 Å². The van der Waals surface area contributed by atoms with E-state index in [0.717, 1.165) is 5.57 Å². The topological polar surface area (TPSA) is 66.8 Å². The van der Waals surface area contributed by atoms with E-state index in [9.17, 15) is 14.7 Å². The Morgan fingerprint density at radius 1 is 1.53 bits per heavy atom. The van der Waals surface area contributed by atoms with E-state index in [0.29, 0.717) is 13.0 Å². The van der Waals surface area contributed by atoms with Gasteiger partial charge in [-0.3, -0.25) is 4.90 Å². The molecule has 0 aliphatic carbocycles. The fourth-order valence-corrected chi connectivity index (χ4v) is 1.86. The minimum atomic E-state index is -1.02. The molecule has 1 aliphatic heterocycles. The zero-order valence-corrected chi connectivity index (χ0v) is 11.7. The standard InChI is InChI=1S/C14H21NO4/c1-5-10-6-7-11(12(16)17)15(9-8-10)13(18)19-14(2,3)4/h5-6,11H,1,7-9H2,2-4H3,(H,16,17)/t11-/m0/s1. The fourth-order valence-electron chi connectivity index (χ4n) is 1.86. The highest BCUT2D eigenvalue weighted by molar-refractivity contribution is 5.80. The quantitative estimate of drug-likeness (QED) is 0.835. The third kappa shape index (κ3) is 4.43. The van der Waals surface area contributed by atoms with Gasteiger partial charge < -0.3 is 9.84 Å². The SMILES string of the molecule is C=CC1=CC[C@@H](C(=O)O)N(C(=O)OC(C)(C)C)CC1. The first-order valence-corrected chi connectivity index (χ1v) is 6.28. The molecule has 0 fully saturated rings. The van der Waals surface area contributed by atoms with Gasteiger partial charge >= 0.3 is 12.1 Å². The second-order valence-corrected chi connectivity index (χ2v) is 5.50. The monoisotopic (exact) mass is 267 g/mol. The summed E-state index contributed by atoms with van der Waals surface area (Å²) in [5.41, 5.74) is 0.318. The summed E-state index contributed by atoms with van der Waals surface area (Å²) in [5.74, 6) is -1.02. The van der Waals surface area contributed by atoms with Crippen molar-refractivity contribution < 1.29 is 19.4 Å². The number of nitrogens with zero attached hydrogens (tertiary/aromatic N) is 1. The summed E-state index contributed by atoms with van der Waals surface area (Å²) >= 11 is 0. The largest absolute Gasteiger partial charge is 0.480 e. The van der Waals surface area contributed by atoms with E-state index in [1.165, 1.54) is 4.90 Å². The van der Waals surface area contributed by atoms with Crippen LogP contribution in [0.5, 0.6) is 0 Å². The molecule has 0 saturated heterocycles. The number of hydrogen-bond donors (Lipinski definition) is 1. The number of rotatable bonds is 2. The molecule has 0 aromatic carbocycles. The number of hydrogen-bond acceptors (Lipinski definition) is 3. The van der Waals surface area contributed by atoms with E-state index in [2.05, 4.69) is 6.58 Å². The number of ether oxygens (including phenoxy) is 1. The highest BCUT2D eigenvalue weighted by Crippen LogP contribution is 2.20. The average Bonchev–Trinajstić information content (AvgIpc) is 2.48. The highest BCUT2D eigenvalue weighted by atomic mass is 16.6. The Morgan fingerprint density at radius 2 is 2.16 bits per heavy atom. The predicted molar refractivity (Wildman–Crippen MR) is 71.9 cm³/mol. The van der Waals surface area contributed by atoms with Crippen LogP contribution < -0.4 is 0 Å². The van der Waals surface area contributed by atoms with Crippen molar-refractivity contribution in [2.24, 2.45) is 0 Å². The van der Waals surface area contributed by atoms with Gasteiger partial charge in [0.15, 0.2) is 0 Å². The molecule has 0 aromatic heterocycles. The zero-order valence-electron chi connectivity index (χ0n) is 11.7. The number of carbonyl (C=O) groups is 2. The third-order valence-electron chi connectivity index (χ3n) is 2.80. The van der Waals surface area contributed by atoms with Crippen molar-refractivity contribution in [2.45, 2.75) is 45.3 Å². The lowest BCUT2D eigenvalue weighted by Gasteiger charge is -2.30. The number of carbonyl (C=O) groups excluding carboxylic acids is 1. The van der Waals surface area contributed by atoms with Gasteiger partial charge in [-0.2, -0.15) is 0 Å². The Balaban J connectivity index is 2.88. The molecule has 1 rings (SSSR count). The molecule has 1 aliphatic rings. The van der Waals surface area contributed by atoms with E-state index in [1.54, 1.807) is 26.8 Å². The second-order valence-electron chi connectivity index (χ2n) is 5.50. The molecule has 5 nitrogen and oxygen atoms in total. The van der Waals surface area contributed by atoms with E-state index in [-0.39, 0.29) is 6.42 Å². The molecule has 5 heteroatoms. The summed E-state index contributed by atoms with van der Waals surface area (Å²) < 4.78 is 5.26. The van der Waals surface area contributed by atoms with Crippen LogP contribution in [0, 0.1) is 0 Å². The van der Waals surface area contributed by atoms with Crippen LogP contribution in [-0.2, 0) is 9.53 Å². The molecular formula is C14H21NO4. The van der Waals surface area contributed by atoms with Crippen molar-refractivity contribution >= 4 is 12.1 Å². The normalized spacial score (nSPS) is 20.3. The van der Waals surface area contributed by atoms with Crippen LogP contribution in [0.3, 0.4) is 0 Å². The van der Waals surface area contributed by atoms with Crippen LogP contribution in [0.4, 0.5) is 4.79 Å². The predicted octanol–water partition coefficient (Wildman–Crippen LogP) is 2.58. The molecule has 1 heterocycles. The summed E-state index contributed by atoms with van der Waals surface area (Å²) in [7, 11) is 0. The molecule has 1 N–H and O–H groups in total. The maximum atomic E-state index is 12.1. The van der Waals surface area contributed by atoms with Crippen molar-refractivity contribution in [1.82, 2.24) is 4.90 Å². The van der Waals surface area contributed by atoms with Crippen molar-refractivity contribution in [1.29, 1.82) is 0 Å². The van der Waals surface area contributed by atoms with Crippen molar-refractivity contribution in [2.75, 3.05) is 6.54 Å². The number of amides is 1. The van der Waals surface area contributed by atoms with Gasteiger partial charge in [0.25, 0.3) is 0 Å². The molecule has 106 valence electrons. The summed E-state index contributed by atoms with van der Waals surface area (Å²) in [6.45, 7) is 9.27. The van der Waals surface area contributed by atoms with E-state index < -0.39 is 23.7 Å². The average molecular weight is 267 g/mol. The number of aliphatic carboxylic acids is 1. The second kappa shape index (κ2) is 5.91. The summed E-state index contributed by atoms with van der Waals surface area (Å²) in [6, 6.07) is -0.882. The van der Waals surface area contributed by atoms with Gasteiger partial charge in [-0.25, -0.2) is 9.59 Å². The Bertz CT molecular complexity index is 406. The first kappa shape index (κ1) is 15.3. The third-order valence-corrected chi connectivity index (χ3v) is 2.80. The molecule has 19 heavy (non-hydrogen) atoms. The highest BCUT2D eigenvalue weighted by Gasteiger charge is 2.33. The van der Waals surface area contributed by atoms with Crippen molar-refractivity contribution in [3.63, 3.8) is 0 Å². The number of allylic oxidation sites excluding steroid dienone is 1. The fraction of sp³-hybridized carbons (Fsp3) is 0.571. The van der Waals surface area contributed by atoms with Crippen molar-refractivity contribution in [3.8, 4) is 0 Å². The van der Waals surface area contributed by atoms with Gasteiger partial charge in [-0.05, 0) is 33.6 Å². The summed E-state index contributed by atoms with van der Waals surface area (Å²) in [4.78, 5) is 24.6. The minimum absolute atomic E-state index is 0.274. The lowest BCUT2D eigenvalue weighted by molar-refractivity contribution is -0.143. The molecule has 1 amide bonds. The van der Waals surface area contributed by atoms with Gasteiger partial charge in [0.05, 0.1) is 0 Å². The van der Waals surface area contributed by atoms with Gasteiger partial charge in [0.2, 0.25) is 0 Å². The van der Waals surface area contributed by atoms with Crippen LogP contribution >= 0.6 is 0 Å². The number of carboxylic acids is 1. The Hall–Kier alpha value is -1.78. The maximum absolute atomic E-state index is 12.1. The number of carboxylic acid groups (broad SMARTS) is 1. The van der Waals surface area contributed by atoms with Gasteiger partial charge in [-0.1, -0.05) is 24.3 Å². The van der Waals surface area contributed by atoms with Crippen molar-refractivity contribution in [3.05, 3.63) is 24.3 Å². The Labute approximate surface area is 113 Å². The maximum Gasteiger partial charge on any atom is 0.411 e. The van der Waals surface area contributed by atoms with Crippen LogP contribution in [0.15, 0.2) is 24.3 Å². The first-order valence-electron chi connectivity index (χ1n) is 6.28. The van der Waals surface area contributed by atoms with E-state index in [1.807, 2.05) is 6.08 Å². The first-order chi connectivity index (χ1) is 8.74. The van der Waals surface area contributed by atoms with Gasteiger partial charge in [0.1, 0.15) is 11.6 Å². The van der Waals surface area contributed by atoms with Gasteiger partial charge in [0, 0.05) is 6.54 Å². The van der Waals surface area contributed by atoms with Crippen LogP contribution in [0.1, 0.15) is 33.6 Å². The Kier molecular flexibility index (Phi) is 4.75. The lowest BCUT2D eigenvalue weighted by Crippen LogP contribution is -2.46. The van der Waals surface area contributed by atoms with Crippen LogP contribution in [0.25, 0.3) is 0 Å². The minimum Gasteiger partial charge on any atom is -0.480 e. The molecule has 0 spiro atoms. The summed E-state index contributed by atoms with van der Waals surface area (Å²) in [6.07, 6.45) is 3.79. The van der Waals surface area contributed by atoms with E-state index >= 15 is 0 Å². The smallest absolute Gasteiger partial charge is 0.411 e. The zero-order chi connectivity index (χ0) is 14.6. The molecular weight excluding hydrogens is 246 g/mol. The van der Waals surface area contributed by atoms with Gasteiger partial charge in [-0.15, -0.1) is 0 Å². The van der Waals surface area contributed by atoms with Crippen LogP contribution in [-0.4, -0.2) is 40.3 Å². The molecule has 1 atom stereocenters. The summed E-state index contributed by atoms with van der Waals surface area (Å²) in [5, 5.41) is 9.24. The molecule has 0 aromatic rings. The molecule has 0 bridgehead atoms. The molecule has 0 saturated carbocycles. The van der Waals surface area contributed by atoms with E-state index in [4.69, 9.17) is 4.74 Å². The Morgan fingerprint density at radius 3 is 2.63 bits per heavy atom. The molecule has 0 unspecified atom stereocenters. The lowest BCUT2D eigenvalue weighted by atomic mass is 10.1. The molecule has 0 radical (unpaired) electrons.